The van der Waals surface area contributed by atoms with E-state index in [4.69, 9.17) is 0 Å². The standard InChI is InChI=1S/C14H23N5O3S.ClH/c1-2-19-14(5-6-16-19)23(21,22)17-8-3-4-12(11-17)18-9-7-15-10-13(18)20;/h5-6,12,15H,2-4,7-11H2,1H3;1H. The van der Waals surface area contributed by atoms with Crippen molar-refractivity contribution in [1.29, 1.82) is 0 Å². The van der Waals surface area contributed by atoms with Crippen LogP contribution in [0.1, 0.15) is 19.8 Å². The Balaban J connectivity index is 0.00000208. The van der Waals surface area contributed by atoms with Crippen LogP contribution in [-0.4, -0.2) is 72.1 Å². The number of aryl methyl sites for hydroxylation is 1. The largest absolute Gasteiger partial charge is 0.336 e. The number of carbonyl (C=O) groups is 1. The molecule has 1 N–H and O–H groups in total. The van der Waals surface area contributed by atoms with Crippen molar-refractivity contribution < 1.29 is 13.2 Å². The molecule has 1 aromatic rings. The van der Waals surface area contributed by atoms with Gasteiger partial charge in [-0.1, -0.05) is 0 Å². The molecule has 1 atom stereocenters. The van der Waals surface area contributed by atoms with Gasteiger partial charge in [0.1, 0.15) is 0 Å². The monoisotopic (exact) mass is 377 g/mol. The molecule has 0 radical (unpaired) electrons. The summed E-state index contributed by atoms with van der Waals surface area (Å²) in [5.41, 5.74) is 0. The molecule has 2 fully saturated rings. The van der Waals surface area contributed by atoms with E-state index in [1.165, 1.54) is 15.2 Å². The predicted molar refractivity (Wildman–Crippen MR) is 91.5 cm³/mol. The zero-order valence-corrected chi connectivity index (χ0v) is 15.4. The molecule has 24 heavy (non-hydrogen) atoms. The lowest BCUT2D eigenvalue weighted by molar-refractivity contribution is -0.135. The van der Waals surface area contributed by atoms with Crippen LogP contribution in [0.25, 0.3) is 0 Å². The summed E-state index contributed by atoms with van der Waals surface area (Å²) in [6, 6.07) is 1.50. The highest BCUT2D eigenvalue weighted by molar-refractivity contribution is 7.89. The third-order valence-corrected chi connectivity index (χ3v) is 6.39. The van der Waals surface area contributed by atoms with Crippen LogP contribution in [0, 0.1) is 0 Å². The van der Waals surface area contributed by atoms with Gasteiger partial charge in [0.2, 0.25) is 5.91 Å². The van der Waals surface area contributed by atoms with Crippen LogP contribution in [0.2, 0.25) is 0 Å². The van der Waals surface area contributed by atoms with E-state index in [0.717, 1.165) is 19.4 Å². The summed E-state index contributed by atoms with van der Waals surface area (Å²) in [5.74, 6) is 0.0547. The average Bonchev–Trinajstić information content (AvgIpc) is 3.05. The summed E-state index contributed by atoms with van der Waals surface area (Å²) >= 11 is 0. The summed E-state index contributed by atoms with van der Waals surface area (Å²) in [7, 11) is -3.57. The molecule has 8 nitrogen and oxygen atoms in total. The second-order valence-electron chi connectivity index (χ2n) is 5.91. The first-order valence-corrected chi connectivity index (χ1v) is 9.50. The summed E-state index contributed by atoms with van der Waals surface area (Å²) in [4.78, 5) is 13.9. The van der Waals surface area contributed by atoms with Gasteiger partial charge < -0.3 is 10.2 Å². The number of hydrogen-bond donors (Lipinski definition) is 1. The third-order valence-electron chi connectivity index (χ3n) is 4.51. The van der Waals surface area contributed by atoms with Crippen LogP contribution in [0.15, 0.2) is 17.3 Å². The molecule has 2 saturated heterocycles. The Hall–Kier alpha value is -1.16. The molecule has 136 valence electrons. The maximum atomic E-state index is 12.9. The second-order valence-corrected chi connectivity index (χ2v) is 7.79. The molecule has 0 aliphatic carbocycles. The molecule has 1 unspecified atom stereocenters. The number of carbonyl (C=O) groups excluding carboxylic acids is 1. The van der Waals surface area contributed by atoms with E-state index in [1.54, 1.807) is 6.07 Å². The summed E-state index contributed by atoms with van der Waals surface area (Å²) in [5, 5.41) is 7.33. The predicted octanol–water partition coefficient (Wildman–Crippen LogP) is -0.0903. The highest BCUT2D eigenvalue weighted by atomic mass is 35.5. The highest BCUT2D eigenvalue weighted by Gasteiger charge is 2.36. The number of piperidine rings is 1. The van der Waals surface area contributed by atoms with E-state index >= 15 is 0 Å². The Morgan fingerprint density at radius 3 is 2.88 bits per heavy atom. The molecular formula is C14H24ClN5O3S. The topological polar surface area (TPSA) is 87.5 Å². The Bertz CT molecular complexity index is 678. The first-order valence-electron chi connectivity index (χ1n) is 8.06. The first kappa shape index (κ1) is 19.2. The molecule has 2 aliphatic heterocycles. The van der Waals surface area contributed by atoms with Crippen LogP contribution in [0.4, 0.5) is 0 Å². The maximum absolute atomic E-state index is 12.9. The van der Waals surface area contributed by atoms with Gasteiger partial charge in [0, 0.05) is 38.8 Å². The SMILES string of the molecule is CCn1nccc1S(=O)(=O)N1CCCC(N2CCNCC2=O)C1.Cl. The van der Waals surface area contributed by atoms with Crippen molar-refractivity contribution in [3.05, 3.63) is 12.3 Å². The van der Waals surface area contributed by atoms with Crippen LogP contribution in [0.5, 0.6) is 0 Å². The molecule has 3 heterocycles. The lowest BCUT2D eigenvalue weighted by Crippen LogP contribution is -2.57. The molecule has 3 rings (SSSR count). The van der Waals surface area contributed by atoms with E-state index < -0.39 is 10.0 Å². The number of aromatic nitrogens is 2. The second kappa shape index (κ2) is 7.81. The summed E-state index contributed by atoms with van der Waals surface area (Å²) < 4.78 is 28.8. The molecular weight excluding hydrogens is 354 g/mol. The van der Waals surface area contributed by atoms with Gasteiger partial charge in [-0.3, -0.25) is 9.48 Å². The molecule has 0 bridgehead atoms. The quantitative estimate of drug-likeness (QED) is 0.792. The van der Waals surface area contributed by atoms with E-state index in [0.29, 0.717) is 32.7 Å². The van der Waals surface area contributed by atoms with Gasteiger partial charge in [-0.05, 0) is 25.8 Å². The van der Waals surface area contributed by atoms with Gasteiger partial charge in [-0.25, -0.2) is 8.42 Å². The van der Waals surface area contributed by atoms with Crippen molar-refractivity contribution >= 4 is 28.3 Å². The lowest BCUT2D eigenvalue weighted by atomic mass is 10.1. The minimum atomic E-state index is -3.57. The molecule has 1 aromatic heterocycles. The fraction of sp³-hybridized carbons (Fsp3) is 0.714. The number of piperazine rings is 1. The van der Waals surface area contributed by atoms with Crippen molar-refractivity contribution in [2.24, 2.45) is 0 Å². The number of sulfonamides is 1. The number of nitrogens with one attached hydrogen (secondary N) is 1. The fourth-order valence-electron chi connectivity index (χ4n) is 3.31. The minimum Gasteiger partial charge on any atom is -0.336 e. The van der Waals surface area contributed by atoms with Crippen LogP contribution < -0.4 is 5.32 Å². The molecule has 10 heteroatoms. The fourth-order valence-corrected chi connectivity index (χ4v) is 4.99. The lowest BCUT2D eigenvalue weighted by Gasteiger charge is -2.40. The van der Waals surface area contributed by atoms with E-state index in [-0.39, 0.29) is 29.4 Å². The van der Waals surface area contributed by atoms with Crippen molar-refractivity contribution in [3.63, 3.8) is 0 Å². The van der Waals surface area contributed by atoms with Crippen molar-refractivity contribution in [2.75, 3.05) is 32.7 Å². The zero-order valence-electron chi connectivity index (χ0n) is 13.7. The Morgan fingerprint density at radius 1 is 1.38 bits per heavy atom. The van der Waals surface area contributed by atoms with Gasteiger partial charge in [0.25, 0.3) is 10.0 Å². The Kier molecular flexibility index (Phi) is 6.24. The average molecular weight is 378 g/mol. The third kappa shape index (κ3) is 3.58. The number of halogens is 1. The zero-order chi connectivity index (χ0) is 16.4. The van der Waals surface area contributed by atoms with Gasteiger partial charge in [-0.15, -0.1) is 12.4 Å². The smallest absolute Gasteiger partial charge is 0.260 e. The van der Waals surface area contributed by atoms with Crippen molar-refractivity contribution in [3.8, 4) is 0 Å². The van der Waals surface area contributed by atoms with Gasteiger partial charge in [-0.2, -0.15) is 9.40 Å². The highest BCUT2D eigenvalue weighted by Crippen LogP contribution is 2.23. The number of nitrogens with zero attached hydrogens (tertiary/aromatic N) is 4. The van der Waals surface area contributed by atoms with E-state index in [1.807, 2.05) is 11.8 Å². The summed E-state index contributed by atoms with van der Waals surface area (Å²) in [6.45, 7) is 4.98. The molecule has 0 aromatic carbocycles. The Labute approximate surface area is 148 Å². The summed E-state index contributed by atoms with van der Waals surface area (Å²) in [6.07, 6.45) is 3.13. The molecule has 0 spiro atoms. The van der Waals surface area contributed by atoms with Crippen LogP contribution in [0.3, 0.4) is 0 Å². The van der Waals surface area contributed by atoms with Gasteiger partial charge >= 0.3 is 0 Å². The van der Waals surface area contributed by atoms with Crippen LogP contribution >= 0.6 is 12.4 Å². The molecule has 0 saturated carbocycles. The van der Waals surface area contributed by atoms with Gasteiger partial charge in [0.15, 0.2) is 5.03 Å². The maximum Gasteiger partial charge on any atom is 0.260 e. The number of amides is 1. The normalized spacial score (nSPS) is 23.1. The first-order chi connectivity index (χ1) is 11.0. The molecule has 1 amide bonds. The Morgan fingerprint density at radius 2 is 2.17 bits per heavy atom. The number of rotatable bonds is 4. The number of hydrogen-bond acceptors (Lipinski definition) is 5. The van der Waals surface area contributed by atoms with Gasteiger partial charge in [0.05, 0.1) is 12.7 Å². The van der Waals surface area contributed by atoms with Crippen molar-refractivity contribution in [1.82, 2.24) is 24.3 Å². The van der Waals surface area contributed by atoms with Crippen LogP contribution in [-0.2, 0) is 21.4 Å². The van der Waals surface area contributed by atoms with Crippen molar-refractivity contribution in [2.45, 2.75) is 37.4 Å². The minimum absolute atomic E-state index is 0. The molecule has 2 aliphatic rings. The van der Waals surface area contributed by atoms with E-state index in [9.17, 15) is 13.2 Å². The van der Waals surface area contributed by atoms with E-state index in [2.05, 4.69) is 10.4 Å².